The smallest absolute Gasteiger partial charge is 0.258 e. The number of aromatic nitrogens is 2. The van der Waals surface area contributed by atoms with Crippen molar-refractivity contribution in [1.82, 2.24) is 14.5 Å². The Bertz CT molecular complexity index is 902. The maximum atomic E-state index is 13.1. The van der Waals surface area contributed by atoms with E-state index in [4.69, 9.17) is 9.40 Å². The number of carbonyl (C=O) groups is 1. The van der Waals surface area contributed by atoms with Gasteiger partial charge in [0.15, 0.2) is 0 Å². The van der Waals surface area contributed by atoms with Crippen LogP contribution >= 0.6 is 0 Å². The van der Waals surface area contributed by atoms with E-state index in [0.29, 0.717) is 11.3 Å². The number of fused-ring (bicyclic) bond motifs is 1. The van der Waals surface area contributed by atoms with E-state index in [-0.39, 0.29) is 11.9 Å². The predicted molar refractivity (Wildman–Crippen MR) is 91.9 cm³/mol. The lowest BCUT2D eigenvalue weighted by atomic mass is 10.1. The maximum absolute atomic E-state index is 13.1. The zero-order chi connectivity index (χ0) is 16.8. The van der Waals surface area contributed by atoms with Crippen LogP contribution in [-0.2, 0) is 7.05 Å². The second kappa shape index (κ2) is 5.51. The number of nitrogens with zero attached hydrogens (tertiary/aromatic N) is 3. The molecule has 0 aliphatic carbocycles. The topological polar surface area (TPSA) is 51.3 Å². The summed E-state index contributed by atoms with van der Waals surface area (Å²) < 4.78 is 7.53. The van der Waals surface area contributed by atoms with Gasteiger partial charge < -0.3 is 13.9 Å². The number of hydrogen-bond donors (Lipinski definition) is 0. The van der Waals surface area contributed by atoms with Crippen LogP contribution in [0.4, 0.5) is 0 Å². The molecule has 3 aromatic rings. The standard InChI is InChI=1S/C19H21N3O2/c1-12-11-24-13(2)17(12)19(23)22-10-6-9-16(22)18-20-14-7-4-5-8-15(14)21(18)3/h4-5,7-8,11,16H,6,9-10H2,1-3H3. The molecule has 1 aromatic carbocycles. The van der Waals surface area contributed by atoms with Crippen LogP contribution in [0.15, 0.2) is 34.9 Å². The number of hydrogen-bond acceptors (Lipinski definition) is 3. The van der Waals surface area contributed by atoms with Crippen molar-refractivity contribution in [3.8, 4) is 0 Å². The van der Waals surface area contributed by atoms with Crippen LogP contribution in [0.3, 0.4) is 0 Å². The first kappa shape index (κ1) is 15.0. The van der Waals surface area contributed by atoms with Gasteiger partial charge in [-0.05, 0) is 38.8 Å². The average Bonchev–Trinajstić information content (AvgIpc) is 3.26. The van der Waals surface area contributed by atoms with Crippen LogP contribution in [0.5, 0.6) is 0 Å². The normalized spacial score (nSPS) is 17.8. The van der Waals surface area contributed by atoms with Gasteiger partial charge in [-0.15, -0.1) is 0 Å². The van der Waals surface area contributed by atoms with E-state index in [2.05, 4.69) is 10.6 Å². The minimum atomic E-state index is 0.0172. The fourth-order valence-corrected chi connectivity index (χ4v) is 3.78. The molecule has 124 valence electrons. The van der Waals surface area contributed by atoms with Gasteiger partial charge in [-0.2, -0.15) is 0 Å². The molecule has 1 aliphatic heterocycles. The molecule has 24 heavy (non-hydrogen) atoms. The second-order valence-corrected chi connectivity index (χ2v) is 6.52. The summed E-state index contributed by atoms with van der Waals surface area (Å²) in [5.41, 5.74) is 3.67. The highest BCUT2D eigenvalue weighted by Gasteiger charge is 2.35. The molecule has 0 saturated carbocycles. The molecule has 1 atom stereocenters. The van der Waals surface area contributed by atoms with Crippen LogP contribution in [0.2, 0.25) is 0 Å². The molecule has 1 aliphatic rings. The highest BCUT2D eigenvalue weighted by molar-refractivity contribution is 5.97. The number of imidazole rings is 1. The molecule has 5 nitrogen and oxygen atoms in total. The number of likely N-dealkylation sites (tertiary alicyclic amines) is 1. The Morgan fingerprint density at radius 3 is 2.79 bits per heavy atom. The van der Waals surface area contributed by atoms with Gasteiger partial charge in [-0.1, -0.05) is 12.1 Å². The largest absolute Gasteiger partial charge is 0.469 e. The molecule has 3 heterocycles. The summed E-state index contributed by atoms with van der Waals surface area (Å²) in [4.78, 5) is 19.8. The third kappa shape index (κ3) is 2.15. The number of amides is 1. The fourth-order valence-electron chi connectivity index (χ4n) is 3.78. The summed E-state index contributed by atoms with van der Waals surface area (Å²) in [5, 5.41) is 0. The van der Waals surface area contributed by atoms with E-state index in [0.717, 1.165) is 41.8 Å². The minimum Gasteiger partial charge on any atom is -0.469 e. The van der Waals surface area contributed by atoms with Gasteiger partial charge in [-0.25, -0.2) is 4.98 Å². The van der Waals surface area contributed by atoms with Crippen molar-refractivity contribution < 1.29 is 9.21 Å². The summed E-state index contributed by atoms with van der Waals surface area (Å²) in [5.74, 6) is 1.70. The van der Waals surface area contributed by atoms with Crippen molar-refractivity contribution in [3.05, 3.63) is 53.2 Å². The summed E-state index contributed by atoms with van der Waals surface area (Å²) in [6.45, 7) is 4.53. The van der Waals surface area contributed by atoms with Crippen LogP contribution in [0.25, 0.3) is 11.0 Å². The van der Waals surface area contributed by atoms with Gasteiger partial charge in [0.05, 0.1) is 28.9 Å². The zero-order valence-electron chi connectivity index (χ0n) is 14.2. The molecule has 0 radical (unpaired) electrons. The number of aryl methyl sites for hydroxylation is 3. The Morgan fingerprint density at radius 1 is 1.29 bits per heavy atom. The van der Waals surface area contributed by atoms with E-state index in [1.807, 2.05) is 44.0 Å². The van der Waals surface area contributed by atoms with Crippen LogP contribution in [-0.4, -0.2) is 26.9 Å². The lowest BCUT2D eigenvalue weighted by Gasteiger charge is -2.24. The maximum Gasteiger partial charge on any atom is 0.258 e. The van der Waals surface area contributed by atoms with Crippen molar-refractivity contribution in [3.63, 3.8) is 0 Å². The Balaban J connectivity index is 1.75. The lowest BCUT2D eigenvalue weighted by molar-refractivity contribution is 0.0726. The van der Waals surface area contributed by atoms with Crippen molar-refractivity contribution >= 4 is 16.9 Å². The molecule has 5 heteroatoms. The predicted octanol–water partition coefficient (Wildman–Crippen LogP) is 3.76. The van der Waals surface area contributed by atoms with E-state index in [1.165, 1.54) is 0 Å². The lowest BCUT2D eigenvalue weighted by Crippen LogP contribution is -2.32. The fraction of sp³-hybridized carbons (Fsp3) is 0.368. The molecule has 2 aromatic heterocycles. The molecule has 0 bridgehead atoms. The van der Waals surface area contributed by atoms with Crippen LogP contribution in [0.1, 0.15) is 46.4 Å². The highest BCUT2D eigenvalue weighted by Crippen LogP contribution is 2.35. The average molecular weight is 323 g/mol. The van der Waals surface area contributed by atoms with Gasteiger partial charge in [0, 0.05) is 19.2 Å². The Hall–Kier alpha value is -2.56. The van der Waals surface area contributed by atoms with Gasteiger partial charge >= 0.3 is 0 Å². The van der Waals surface area contributed by atoms with Crippen molar-refractivity contribution in [1.29, 1.82) is 0 Å². The molecule has 0 spiro atoms. The number of benzene rings is 1. The first-order valence-electron chi connectivity index (χ1n) is 8.35. The van der Waals surface area contributed by atoms with Gasteiger partial charge in [0.1, 0.15) is 11.6 Å². The van der Waals surface area contributed by atoms with E-state index in [1.54, 1.807) is 6.26 Å². The van der Waals surface area contributed by atoms with Crippen LogP contribution in [0, 0.1) is 13.8 Å². The minimum absolute atomic E-state index is 0.0172. The van der Waals surface area contributed by atoms with E-state index < -0.39 is 0 Å². The Morgan fingerprint density at radius 2 is 2.08 bits per heavy atom. The molecular weight excluding hydrogens is 302 g/mol. The molecule has 4 rings (SSSR count). The molecule has 1 unspecified atom stereocenters. The van der Waals surface area contributed by atoms with Crippen molar-refractivity contribution in [2.45, 2.75) is 32.7 Å². The first-order chi connectivity index (χ1) is 11.6. The molecule has 1 fully saturated rings. The summed E-state index contributed by atoms with van der Waals surface area (Å²) in [7, 11) is 2.03. The van der Waals surface area contributed by atoms with Gasteiger partial charge in [0.2, 0.25) is 0 Å². The Kier molecular flexibility index (Phi) is 3.44. The van der Waals surface area contributed by atoms with Gasteiger partial charge in [0.25, 0.3) is 5.91 Å². The van der Waals surface area contributed by atoms with Gasteiger partial charge in [-0.3, -0.25) is 4.79 Å². The number of para-hydroxylation sites is 2. The third-order valence-corrected chi connectivity index (χ3v) is 5.01. The zero-order valence-corrected chi connectivity index (χ0v) is 14.2. The van der Waals surface area contributed by atoms with Crippen molar-refractivity contribution in [2.24, 2.45) is 7.05 Å². The summed E-state index contributed by atoms with van der Waals surface area (Å²) >= 11 is 0. The third-order valence-electron chi connectivity index (χ3n) is 5.01. The second-order valence-electron chi connectivity index (χ2n) is 6.52. The molecule has 1 saturated heterocycles. The van der Waals surface area contributed by atoms with Crippen LogP contribution < -0.4 is 0 Å². The quantitative estimate of drug-likeness (QED) is 0.721. The Labute approximate surface area is 140 Å². The number of rotatable bonds is 2. The molecule has 1 amide bonds. The SMILES string of the molecule is Cc1coc(C)c1C(=O)N1CCCC1c1nc2ccccc2n1C. The van der Waals surface area contributed by atoms with Crippen molar-refractivity contribution in [2.75, 3.05) is 6.54 Å². The monoisotopic (exact) mass is 323 g/mol. The van der Waals surface area contributed by atoms with E-state index in [9.17, 15) is 4.79 Å². The highest BCUT2D eigenvalue weighted by atomic mass is 16.3. The number of furan rings is 1. The molecule has 0 N–H and O–H groups in total. The summed E-state index contributed by atoms with van der Waals surface area (Å²) in [6.07, 6.45) is 3.59. The summed E-state index contributed by atoms with van der Waals surface area (Å²) in [6, 6.07) is 8.11. The molecular formula is C19H21N3O2. The number of carbonyl (C=O) groups excluding carboxylic acids is 1. The first-order valence-corrected chi connectivity index (χ1v) is 8.35. The van der Waals surface area contributed by atoms with E-state index >= 15 is 0 Å².